The summed E-state index contributed by atoms with van der Waals surface area (Å²) in [6.07, 6.45) is 0.775. The van der Waals surface area contributed by atoms with Gasteiger partial charge in [-0.15, -0.1) is 0 Å². The van der Waals surface area contributed by atoms with Crippen molar-refractivity contribution in [1.29, 1.82) is 0 Å². The van der Waals surface area contributed by atoms with Crippen molar-refractivity contribution < 1.29 is 9.53 Å². The van der Waals surface area contributed by atoms with E-state index in [0.717, 1.165) is 19.5 Å². The van der Waals surface area contributed by atoms with Gasteiger partial charge in [-0.2, -0.15) is 0 Å². The van der Waals surface area contributed by atoms with Crippen LogP contribution in [0.3, 0.4) is 0 Å². The van der Waals surface area contributed by atoms with Crippen molar-refractivity contribution in [3.8, 4) is 0 Å². The second kappa shape index (κ2) is 3.62. The fourth-order valence-electron chi connectivity index (χ4n) is 3.00. The van der Waals surface area contributed by atoms with Gasteiger partial charge in [0.15, 0.2) is 0 Å². The van der Waals surface area contributed by atoms with E-state index in [1.807, 2.05) is 20.8 Å². The van der Waals surface area contributed by atoms with Crippen LogP contribution in [0.2, 0.25) is 0 Å². The molecule has 0 spiro atoms. The quantitative estimate of drug-likeness (QED) is 0.712. The Balaban J connectivity index is 1.93. The molecule has 1 aliphatic heterocycles. The minimum Gasteiger partial charge on any atom is -0.444 e. The second-order valence-electron chi connectivity index (χ2n) is 6.20. The Morgan fingerprint density at radius 3 is 2.75 bits per heavy atom. The second-order valence-corrected chi connectivity index (χ2v) is 6.20. The fourth-order valence-corrected chi connectivity index (χ4v) is 3.00. The number of hydrogen-bond donors (Lipinski definition) is 2. The van der Waals surface area contributed by atoms with Gasteiger partial charge in [0.05, 0.1) is 5.54 Å². The Morgan fingerprint density at radius 1 is 1.50 bits per heavy atom. The Bertz CT molecular complexity index is 298. The maximum atomic E-state index is 11.7. The number of carbonyl (C=O) groups is 1. The molecule has 2 aliphatic rings. The van der Waals surface area contributed by atoms with Crippen LogP contribution < -0.4 is 10.6 Å². The molecule has 92 valence electrons. The van der Waals surface area contributed by atoms with Gasteiger partial charge in [0, 0.05) is 13.1 Å². The number of amides is 1. The molecule has 4 heteroatoms. The van der Waals surface area contributed by atoms with Gasteiger partial charge >= 0.3 is 6.09 Å². The van der Waals surface area contributed by atoms with E-state index >= 15 is 0 Å². The Labute approximate surface area is 97.1 Å². The Kier molecular flexibility index (Phi) is 2.65. The van der Waals surface area contributed by atoms with E-state index in [2.05, 4.69) is 17.6 Å². The molecule has 1 saturated heterocycles. The van der Waals surface area contributed by atoms with Crippen LogP contribution in [0.15, 0.2) is 0 Å². The average molecular weight is 226 g/mol. The molecule has 3 atom stereocenters. The van der Waals surface area contributed by atoms with Crippen molar-refractivity contribution >= 4 is 6.09 Å². The minimum atomic E-state index is -0.419. The third-order valence-electron chi connectivity index (χ3n) is 3.64. The number of fused-ring (bicyclic) bond motifs is 1. The number of hydrogen-bond acceptors (Lipinski definition) is 3. The van der Waals surface area contributed by atoms with Crippen LogP contribution in [-0.4, -0.2) is 30.3 Å². The zero-order valence-electron chi connectivity index (χ0n) is 10.6. The van der Waals surface area contributed by atoms with Crippen molar-refractivity contribution in [2.45, 2.75) is 45.3 Å². The summed E-state index contributed by atoms with van der Waals surface area (Å²) < 4.78 is 5.30. The van der Waals surface area contributed by atoms with E-state index in [1.54, 1.807) is 0 Å². The van der Waals surface area contributed by atoms with Crippen LogP contribution in [0.5, 0.6) is 0 Å². The molecule has 1 heterocycles. The SMILES string of the molecule is C[C@@H]1C[C@]2(NC(=O)OC(C)(C)C)CNC[C@H]12. The lowest BCUT2D eigenvalue weighted by Crippen LogP contribution is -2.64. The Hall–Kier alpha value is -0.770. The summed E-state index contributed by atoms with van der Waals surface area (Å²) in [5, 5.41) is 6.41. The molecule has 0 unspecified atom stereocenters. The molecule has 2 N–H and O–H groups in total. The fraction of sp³-hybridized carbons (Fsp3) is 0.917. The molecule has 0 aromatic rings. The first-order chi connectivity index (χ1) is 7.32. The van der Waals surface area contributed by atoms with Gasteiger partial charge < -0.3 is 15.4 Å². The summed E-state index contributed by atoms with van der Waals surface area (Å²) in [5.41, 5.74) is -0.459. The maximum Gasteiger partial charge on any atom is 0.408 e. The normalized spacial score (nSPS) is 37.5. The molecule has 0 radical (unpaired) electrons. The molecule has 1 amide bonds. The molecule has 0 aromatic carbocycles. The zero-order chi connectivity index (χ0) is 12.0. The molecule has 1 saturated carbocycles. The number of alkyl carbamates (subject to hydrolysis) is 1. The lowest BCUT2D eigenvalue weighted by atomic mass is 9.62. The summed E-state index contributed by atoms with van der Waals surface area (Å²) in [4.78, 5) is 11.7. The van der Waals surface area contributed by atoms with E-state index in [-0.39, 0.29) is 11.6 Å². The number of rotatable bonds is 1. The largest absolute Gasteiger partial charge is 0.444 e. The molecule has 16 heavy (non-hydrogen) atoms. The van der Waals surface area contributed by atoms with Crippen LogP contribution in [0.1, 0.15) is 34.1 Å². The van der Waals surface area contributed by atoms with Crippen molar-refractivity contribution in [2.24, 2.45) is 11.8 Å². The molecule has 4 nitrogen and oxygen atoms in total. The standard InChI is InChI=1S/C12H22N2O2/c1-8-5-12(7-13-6-9(8)12)14-10(15)16-11(2,3)4/h8-9,13H,5-7H2,1-4H3,(H,14,15)/t8-,9-,12+/m1/s1. The maximum absolute atomic E-state index is 11.7. The summed E-state index contributed by atoms with van der Waals surface area (Å²) >= 11 is 0. The van der Waals surface area contributed by atoms with Gasteiger partial charge in [-0.25, -0.2) is 4.79 Å². The molecule has 0 aromatic heterocycles. The van der Waals surface area contributed by atoms with Gasteiger partial charge in [-0.05, 0) is 39.0 Å². The molecule has 2 rings (SSSR count). The van der Waals surface area contributed by atoms with Crippen LogP contribution in [0.25, 0.3) is 0 Å². The van der Waals surface area contributed by atoms with Crippen LogP contribution in [0.4, 0.5) is 4.79 Å². The van der Waals surface area contributed by atoms with Crippen molar-refractivity contribution in [3.05, 3.63) is 0 Å². The van der Waals surface area contributed by atoms with Crippen LogP contribution in [-0.2, 0) is 4.74 Å². The Morgan fingerprint density at radius 2 is 2.19 bits per heavy atom. The van der Waals surface area contributed by atoms with E-state index in [1.165, 1.54) is 0 Å². The van der Waals surface area contributed by atoms with E-state index < -0.39 is 5.60 Å². The smallest absolute Gasteiger partial charge is 0.408 e. The lowest BCUT2D eigenvalue weighted by Gasteiger charge is -2.49. The topological polar surface area (TPSA) is 50.4 Å². The summed E-state index contributed by atoms with van der Waals surface area (Å²) in [7, 11) is 0. The van der Waals surface area contributed by atoms with Crippen LogP contribution >= 0.6 is 0 Å². The van der Waals surface area contributed by atoms with E-state index in [0.29, 0.717) is 11.8 Å². The number of carbonyl (C=O) groups excluding carboxylic acids is 1. The highest BCUT2D eigenvalue weighted by atomic mass is 16.6. The van der Waals surface area contributed by atoms with Crippen molar-refractivity contribution in [1.82, 2.24) is 10.6 Å². The number of nitrogens with one attached hydrogen (secondary N) is 2. The predicted molar refractivity (Wildman–Crippen MR) is 62.2 cm³/mol. The van der Waals surface area contributed by atoms with E-state index in [4.69, 9.17) is 4.74 Å². The third-order valence-corrected chi connectivity index (χ3v) is 3.64. The van der Waals surface area contributed by atoms with Gasteiger partial charge in [0.2, 0.25) is 0 Å². The van der Waals surface area contributed by atoms with Crippen molar-refractivity contribution in [3.63, 3.8) is 0 Å². The predicted octanol–water partition coefficient (Wildman–Crippen LogP) is 1.51. The van der Waals surface area contributed by atoms with E-state index in [9.17, 15) is 4.79 Å². The molecule has 1 aliphatic carbocycles. The summed E-state index contributed by atoms with van der Waals surface area (Å²) in [6.45, 7) is 9.79. The molecule has 2 fully saturated rings. The van der Waals surface area contributed by atoms with Crippen LogP contribution in [0, 0.1) is 11.8 Å². The molecular weight excluding hydrogens is 204 g/mol. The van der Waals surface area contributed by atoms with Gasteiger partial charge in [0.25, 0.3) is 0 Å². The highest BCUT2D eigenvalue weighted by Crippen LogP contribution is 2.46. The van der Waals surface area contributed by atoms with Gasteiger partial charge in [-0.1, -0.05) is 6.92 Å². The highest BCUT2D eigenvalue weighted by molar-refractivity contribution is 5.69. The summed E-state index contributed by atoms with van der Waals surface area (Å²) in [5.74, 6) is 1.27. The molecule has 0 bridgehead atoms. The minimum absolute atomic E-state index is 0.0399. The lowest BCUT2D eigenvalue weighted by molar-refractivity contribution is 0.0176. The van der Waals surface area contributed by atoms with Crippen molar-refractivity contribution in [2.75, 3.05) is 13.1 Å². The first-order valence-corrected chi connectivity index (χ1v) is 6.04. The highest BCUT2D eigenvalue weighted by Gasteiger charge is 2.55. The third kappa shape index (κ3) is 2.03. The average Bonchev–Trinajstić information content (AvgIpc) is 2.38. The van der Waals surface area contributed by atoms with Gasteiger partial charge in [0.1, 0.15) is 5.60 Å². The summed E-state index contributed by atoms with van der Waals surface area (Å²) in [6, 6.07) is 0. The zero-order valence-corrected chi connectivity index (χ0v) is 10.6. The number of ether oxygens (including phenoxy) is 1. The first-order valence-electron chi connectivity index (χ1n) is 6.04. The van der Waals surface area contributed by atoms with Gasteiger partial charge in [-0.3, -0.25) is 0 Å². The molecular formula is C12H22N2O2. The first kappa shape index (κ1) is 11.7. The monoisotopic (exact) mass is 226 g/mol.